The Labute approximate surface area is 116 Å². The SMILES string of the molecule is Cc1ccc2c(c1)-c1nc(C3COCCN3)sc1C2. The lowest BCUT2D eigenvalue weighted by Crippen LogP contribution is -2.34. The van der Waals surface area contributed by atoms with Crippen LogP contribution in [0.3, 0.4) is 0 Å². The molecule has 1 N–H and O–H groups in total. The smallest absolute Gasteiger partial charge is 0.113 e. The van der Waals surface area contributed by atoms with Crippen molar-refractivity contribution in [2.45, 2.75) is 19.4 Å². The van der Waals surface area contributed by atoms with Gasteiger partial charge in [0.05, 0.1) is 24.9 Å². The van der Waals surface area contributed by atoms with Crippen molar-refractivity contribution >= 4 is 11.3 Å². The van der Waals surface area contributed by atoms with Crippen LogP contribution in [0, 0.1) is 6.92 Å². The van der Waals surface area contributed by atoms with Gasteiger partial charge in [-0.2, -0.15) is 0 Å². The predicted molar refractivity (Wildman–Crippen MR) is 76.7 cm³/mol. The number of morpholine rings is 1. The normalized spacial score (nSPS) is 21.2. The van der Waals surface area contributed by atoms with E-state index in [9.17, 15) is 0 Å². The van der Waals surface area contributed by atoms with Crippen molar-refractivity contribution < 1.29 is 4.74 Å². The minimum absolute atomic E-state index is 0.276. The summed E-state index contributed by atoms with van der Waals surface area (Å²) in [7, 11) is 0. The van der Waals surface area contributed by atoms with E-state index in [1.807, 2.05) is 11.3 Å². The fourth-order valence-electron chi connectivity index (χ4n) is 2.81. The molecule has 2 aliphatic rings. The number of nitrogens with one attached hydrogen (secondary N) is 1. The number of rotatable bonds is 1. The fourth-order valence-corrected chi connectivity index (χ4v) is 3.97. The quantitative estimate of drug-likeness (QED) is 0.739. The van der Waals surface area contributed by atoms with Gasteiger partial charge in [-0.25, -0.2) is 4.98 Å². The van der Waals surface area contributed by atoms with Crippen molar-refractivity contribution in [2.24, 2.45) is 0 Å². The standard InChI is InChI=1S/C15H16N2OS/c1-9-2-3-10-7-13-14(11(10)6-9)17-15(19-13)12-8-18-5-4-16-12/h2-3,6,12,16H,4-5,7-8H2,1H3. The van der Waals surface area contributed by atoms with Gasteiger partial charge in [0.25, 0.3) is 0 Å². The van der Waals surface area contributed by atoms with Gasteiger partial charge in [0, 0.05) is 23.4 Å². The number of hydrogen-bond donors (Lipinski definition) is 1. The van der Waals surface area contributed by atoms with E-state index in [-0.39, 0.29) is 6.04 Å². The molecule has 1 fully saturated rings. The molecule has 3 nitrogen and oxygen atoms in total. The van der Waals surface area contributed by atoms with Gasteiger partial charge in [0.1, 0.15) is 5.01 Å². The lowest BCUT2D eigenvalue weighted by molar-refractivity contribution is 0.0768. The zero-order chi connectivity index (χ0) is 12.8. The molecule has 1 unspecified atom stereocenters. The Morgan fingerprint density at radius 1 is 1.42 bits per heavy atom. The van der Waals surface area contributed by atoms with Gasteiger partial charge in [-0.15, -0.1) is 11.3 Å². The zero-order valence-electron chi connectivity index (χ0n) is 10.9. The molecule has 0 bridgehead atoms. The van der Waals surface area contributed by atoms with Crippen LogP contribution in [0.4, 0.5) is 0 Å². The highest BCUT2D eigenvalue weighted by atomic mass is 32.1. The molecule has 1 aliphatic carbocycles. The third kappa shape index (κ3) is 1.91. The number of hydrogen-bond acceptors (Lipinski definition) is 4. The molecule has 1 aromatic heterocycles. The first kappa shape index (κ1) is 11.6. The summed E-state index contributed by atoms with van der Waals surface area (Å²) in [5.74, 6) is 0. The molecular weight excluding hydrogens is 256 g/mol. The summed E-state index contributed by atoms with van der Waals surface area (Å²) in [6, 6.07) is 6.96. The number of aryl methyl sites for hydroxylation is 1. The number of fused-ring (bicyclic) bond motifs is 3. The monoisotopic (exact) mass is 272 g/mol. The molecule has 0 amide bonds. The molecule has 1 saturated heterocycles. The van der Waals surface area contributed by atoms with Gasteiger partial charge >= 0.3 is 0 Å². The van der Waals surface area contributed by atoms with Crippen LogP contribution in [0.1, 0.15) is 27.1 Å². The molecule has 0 spiro atoms. The summed E-state index contributed by atoms with van der Waals surface area (Å²) in [6.07, 6.45) is 1.04. The lowest BCUT2D eigenvalue weighted by atomic mass is 10.1. The average molecular weight is 272 g/mol. The first-order valence-corrected chi connectivity index (χ1v) is 7.53. The average Bonchev–Trinajstić information content (AvgIpc) is 2.98. The number of thiazole rings is 1. The Morgan fingerprint density at radius 3 is 3.21 bits per heavy atom. The van der Waals surface area contributed by atoms with Crippen molar-refractivity contribution in [3.05, 3.63) is 39.2 Å². The molecule has 19 heavy (non-hydrogen) atoms. The minimum atomic E-state index is 0.276. The van der Waals surface area contributed by atoms with E-state index in [2.05, 4.69) is 30.4 Å². The van der Waals surface area contributed by atoms with Crippen LogP contribution in [0.5, 0.6) is 0 Å². The van der Waals surface area contributed by atoms with Crippen molar-refractivity contribution in [1.29, 1.82) is 0 Å². The van der Waals surface area contributed by atoms with E-state index < -0.39 is 0 Å². The molecule has 2 aromatic rings. The second-order valence-electron chi connectivity index (χ2n) is 5.24. The van der Waals surface area contributed by atoms with Gasteiger partial charge in [-0.1, -0.05) is 17.7 Å². The molecule has 1 aromatic carbocycles. The van der Waals surface area contributed by atoms with Crippen molar-refractivity contribution in [3.63, 3.8) is 0 Å². The molecule has 0 radical (unpaired) electrons. The van der Waals surface area contributed by atoms with Crippen LogP contribution in [0.15, 0.2) is 18.2 Å². The van der Waals surface area contributed by atoms with E-state index in [0.717, 1.165) is 26.2 Å². The van der Waals surface area contributed by atoms with Crippen LogP contribution in [0.2, 0.25) is 0 Å². The Hall–Kier alpha value is -1.23. The summed E-state index contributed by atoms with van der Waals surface area (Å²) in [4.78, 5) is 6.28. The topological polar surface area (TPSA) is 34.1 Å². The van der Waals surface area contributed by atoms with E-state index in [1.54, 1.807) is 0 Å². The van der Waals surface area contributed by atoms with Gasteiger partial charge in [0.2, 0.25) is 0 Å². The van der Waals surface area contributed by atoms with Crippen molar-refractivity contribution in [1.82, 2.24) is 10.3 Å². The maximum absolute atomic E-state index is 5.53. The van der Waals surface area contributed by atoms with E-state index in [1.165, 1.54) is 32.3 Å². The highest BCUT2D eigenvalue weighted by Crippen LogP contribution is 2.41. The number of aromatic nitrogens is 1. The molecule has 4 heteroatoms. The number of benzene rings is 1. The maximum atomic E-state index is 5.53. The van der Waals surface area contributed by atoms with E-state index in [4.69, 9.17) is 9.72 Å². The van der Waals surface area contributed by atoms with Crippen molar-refractivity contribution in [2.75, 3.05) is 19.8 Å². The van der Waals surface area contributed by atoms with E-state index in [0.29, 0.717) is 0 Å². The number of ether oxygens (including phenoxy) is 1. The molecule has 1 aliphatic heterocycles. The first-order chi connectivity index (χ1) is 9.31. The molecule has 0 saturated carbocycles. The highest BCUT2D eigenvalue weighted by molar-refractivity contribution is 7.12. The van der Waals surface area contributed by atoms with Crippen LogP contribution in [-0.2, 0) is 11.2 Å². The van der Waals surface area contributed by atoms with Gasteiger partial charge in [0.15, 0.2) is 0 Å². The molecule has 1 atom stereocenters. The second-order valence-corrected chi connectivity index (χ2v) is 6.36. The summed E-state index contributed by atoms with van der Waals surface area (Å²) in [6.45, 7) is 4.61. The van der Waals surface area contributed by atoms with E-state index >= 15 is 0 Å². The third-order valence-electron chi connectivity index (χ3n) is 3.81. The molecule has 4 rings (SSSR count). The van der Waals surface area contributed by atoms with Crippen LogP contribution >= 0.6 is 11.3 Å². The summed E-state index contributed by atoms with van der Waals surface area (Å²) in [5.41, 5.74) is 5.25. The minimum Gasteiger partial charge on any atom is -0.378 e. The summed E-state index contributed by atoms with van der Waals surface area (Å²) < 4.78 is 5.53. The second kappa shape index (κ2) is 4.40. The number of nitrogens with zero attached hydrogens (tertiary/aromatic N) is 1. The Bertz CT molecular complexity index is 629. The molecule has 2 heterocycles. The molecule has 98 valence electrons. The van der Waals surface area contributed by atoms with Crippen LogP contribution < -0.4 is 5.32 Å². The highest BCUT2D eigenvalue weighted by Gasteiger charge is 2.26. The summed E-state index contributed by atoms with van der Waals surface area (Å²) in [5, 5.41) is 4.66. The summed E-state index contributed by atoms with van der Waals surface area (Å²) >= 11 is 1.84. The first-order valence-electron chi connectivity index (χ1n) is 6.72. The third-order valence-corrected chi connectivity index (χ3v) is 4.97. The van der Waals surface area contributed by atoms with Gasteiger partial charge in [-0.05, 0) is 18.6 Å². The Balaban J connectivity index is 1.72. The van der Waals surface area contributed by atoms with Gasteiger partial charge < -0.3 is 10.1 Å². The fraction of sp³-hybridized carbons (Fsp3) is 0.400. The predicted octanol–water partition coefficient (Wildman–Crippen LogP) is 2.68. The van der Waals surface area contributed by atoms with Crippen molar-refractivity contribution in [3.8, 4) is 11.3 Å². The molecular formula is C15H16N2OS. The van der Waals surface area contributed by atoms with Gasteiger partial charge in [-0.3, -0.25) is 0 Å². The Kier molecular flexibility index (Phi) is 2.69. The Morgan fingerprint density at radius 2 is 2.37 bits per heavy atom. The maximum Gasteiger partial charge on any atom is 0.113 e. The largest absolute Gasteiger partial charge is 0.378 e. The lowest BCUT2D eigenvalue weighted by Gasteiger charge is -2.21. The zero-order valence-corrected chi connectivity index (χ0v) is 11.7. The van der Waals surface area contributed by atoms with Crippen LogP contribution in [-0.4, -0.2) is 24.7 Å². The van der Waals surface area contributed by atoms with Crippen LogP contribution in [0.25, 0.3) is 11.3 Å².